The topological polar surface area (TPSA) is 95.9 Å². The smallest absolute Gasteiger partial charge is 0.312 e. The van der Waals surface area contributed by atoms with Gasteiger partial charge in [-0.15, -0.1) is 0 Å². The Kier molecular flexibility index (Phi) is 6.04. The Morgan fingerprint density at radius 2 is 1.89 bits per heavy atom. The molecule has 1 aliphatic rings. The molecule has 28 heavy (non-hydrogen) atoms. The summed E-state index contributed by atoms with van der Waals surface area (Å²) in [5.74, 6) is -5.08. The molecule has 6 nitrogen and oxygen atoms in total. The van der Waals surface area contributed by atoms with Crippen molar-refractivity contribution in [2.75, 3.05) is 13.8 Å². The third-order valence-corrected chi connectivity index (χ3v) is 6.42. The van der Waals surface area contributed by atoms with Crippen molar-refractivity contribution in [1.29, 1.82) is 0 Å². The lowest BCUT2D eigenvalue weighted by atomic mass is 9.49. The van der Waals surface area contributed by atoms with Gasteiger partial charge in [-0.25, -0.2) is 8.78 Å². The molecule has 5 atom stereocenters. The van der Waals surface area contributed by atoms with Crippen molar-refractivity contribution in [2.45, 2.75) is 45.7 Å². The summed E-state index contributed by atoms with van der Waals surface area (Å²) < 4.78 is 34.0. The van der Waals surface area contributed by atoms with Crippen LogP contribution >= 0.6 is 0 Å². The Balaban J connectivity index is 2.97. The molecule has 2 rings (SSSR count). The summed E-state index contributed by atoms with van der Waals surface area (Å²) in [5, 5.41) is 23.2. The maximum atomic E-state index is 15.0. The number of carbonyl (C=O) groups is 2. The molecule has 5 unspecified atom stereocenters. The zero-order valence-corrected chi connectivity index (χ0v) is 16.6. The number of benzene rings is 1. The summed E-state index contributed by atoms with van der Waals surface area (Å²) in [6.45, 7) is 5.11. The molecule has 0 aliphatic carbocycles. The highest BCUT2D eigenvalue weighted by molar-refractivity contribution is 5.84. The van der Waals surface area contributed by atoms with E-state index in [2.05, 4.69) is 5.32 Å². The number of rotatable bonds is 6. The van der Waals surface area contributed by atoms with Crippen LogP contribution in [0, 0.1) is 22.6 Å². The number of methoxy groups -OCH3 is 1. The molecule has 1 saturated heterocycles. The summed E-state index contributed by atoms with van der Waals surface area (Å²) >= 11 is 0. The molecule has 1 aliphatic heterocycles. The number of halogens is 2. The molecule has 1 aromatic rings. The summed E-state index contributed by atoms with van der Waals surface area (Å²) in [6, 6.07) is 1.79. The molecule has 0 saturated carbocycles. The van der Waals surface area contributed by atoms with Gasteiger partial charge in [0.15, 0.2) is 0 Å². The van der Waals surface area contributed by atoms with Gasteiger partial charge in [0.25, 0.3) is 0 Å². The van der Waals surface area contributed by atoms with E-state index in [0.717, 1.165) is 6.07 Å². The van der Waals surface area contributed by atoms with Crippen LogP contribution in [0.4, 0.5) is 8.78 Å². The standard InChI is InChI=1S/C20H27F2NO5/c1-10(2)20(18(26)27)11(3)23-15(9-21)19(4,17(24)25)16(20)13-8-12(28-5)6-7-14(13)22/h6-8,10-11,15-16,23H,9H2,1-5H3,(H,24,25)(H,26,27). The van der Waals surface area contributed by atoms with Crippen LogP contribution in [0.3, 0.4) is 0 Å². The van der Waals surface area contributed by atoms with Crippen LogP contribution in [0.5, 0.6) is 5.75 Å². The van der Waals surface area contributed by atoms with Crippen LogP contribution in [-0.4, -0.2) is 48.0 Å². The SMILES string of the molecule is COc1ccc(F)c(C2C(C)(C(=O)O)C(CF)NC(C)C2(C(=O)O)C(C)C)c1. The van der Waals surface area contributed by atoms with E-state index in [-0.39, 0.29) is 11.3 Å². The fourth-order valence-corrected chi connectivity index (χ4v) is 4.88. The summed E-state index contributed by atoms with van der Waals surface area (Å²) in [4.78, 5) is 25.0. The first-order chi connectivity index (χ1) is 13.0. The van der Waals surface area contributed by atoms with Crippen molar-refractivity contribution >= 4 is 11.9 Å². The average Bonchev–Trinajstić information content (AvgIpc) is 2.62. The zero-order valence-electron chi connectivity index (χ0n) is 16.6. The number of carboxylic acids is 2. The molecule has 1 aromatic carbocycles. The van der Waals surface area contributed by atoms with Gasteiger partial charge in [-0.1, -0.05) is 13.8 Å². The Morgan fingerprint density at radius 1 is 1.29 bits per heavy atom. The van der Waals surface area contributed by atoms with E-state index >= 15 is 0 Å². The highest BCUT2D eigenvalue weighted by atomic mass is 19.1. The van der Waals surface area contributed by atoms with Gasteiger partial charge in [0.1, 0.15) is 18.2 Å². The van der Waals surface area contributed by atoms with Crippen molar-refractivity contribution in [3.63, 3.8) is 0 Å². The second-order valence-electron chi connectivity index (χ2n) is 7.90. The van der Waals surface area contributed by atoms with Gasteiger partial charge in [-0.3, -0.25) is 9.59 Å². The second-order valence-corrected chi connectivity index (χ2v) is 7.90. The third-order valence-electron chi connectivity index (χ3n) is 6.42. The molecule has 0 radical (unpaired) electrons. The minimum Gasteiger partial charge on any atom is -0.497 e. The monoisotopic (exact) mass is 399 g/mol. The van der Waals surface area contributed by atoms with Crippen LogP contribution in [0.15, 0.2) is 18.2 Å². The van der Waals surface area contributed by atoms with Gasteiger partial charge in [-0.05, 0) is 43.5 Å². The third kappa shape index (κ3) is 2.94. The fraction of sp³-hybridized carbons (Fsp3) is 0.600. The fourth-order valence-electron chi connectivity index (χ4n) is 4.88. The molecule has 0 spiro atoms. The van der Waals surface area contributed by atoms with E-state index in [4.69, 9.17) is 4.74 Å². The first-order valence-corrected chi connectivity index (χ1v) is 9.11. The van der Waals surface area contributed by atoms with Gasteiger partial charge >= 0.3 is 11.9 Å². The predicted octanol–water partition coefficient (Wildman–Crippen LogP) is 3.07. The number of hydrogen-bond donors (Lipinski definition) is 3. The number of alkyl halides is 1. The molecule has 1 heterocycles. The van der Waals surface area contributed by atoms with Crippen LogP contribution in [0.2, 0.25) is 0 Å². The Morgan fingerprint density at radius 3 is 2.32 bits per heavy atom. The van der Waals surface area contributed by atoms with Crippen LogP contribution in [-0.2, 0) is 9.59 Å². The van der Waals surface area contributed by atoms with E-state index < -0.39 is 59.2 Å². The molecule has 8 heteroatoms. The lowest BCUT2D eigenvalue weighted by Crippen LogP contribution is -2.71. The molecular weight excluding hydrogens is 372 g/mol. The van der Waals surface area contributed by atoms with Crippen molar-refractivity contribution in [3.8, 4) is 5.75 Å². The summed E-state index contributed by atoms with van der Waals surface area (Å²) in [5.41, 5.74) is -3.73. The van der Waals surface area contributed by atoms with Crippen molar-refractivity contribution < 1.29 is 33.3 Å². The van der Waals surface area contributed by atoms with Gasteiger partial charge in [0.05, 0.1) is 24.0 Å². The normalized spacial score (nSPS) is 32.9. The predicted molar refractivity (Wildman–Crippen MR) is 98.7 cm³/mol. The zero-order chi connectivity index (χ0) is 21.4. The van der Waals surface area contributed by atoms with Crippen LogP contribution in [0.1, 0.15) is 39.2 Å². The number of piperidine rings is 1. The number of carboxylic acid groups (broad SMARTS) is 2. The Bertz CT molecular complexity index is 771. The first-order valence-electron chi connectivity index (χ1n) is 9.11. The number of hydrogen-bond acceptors (Lipinski definition) is 4. The van der Waals surface area contributed by atoms with Gasteiger partial charge in [0.2, 0.25) is 0 Å². The molecule has 3 N–H and O–H groups in total. The number of aliphatic carboxylic acids is 2. The van der Waals surface area contributed by atoms with Crippen molar-refractivity contribution in [2.24, 2.45) is 16.7 Å². The average molecular weight is 399 g/mol. The lowest BCUT2D eigenvalue weighted by molar-refractivity contribution is -0.176. The van der Waals surface area contributed by atoms with E-state index in [1.807, 2.05) is 0 Å². The van der Waals surface area contributed by atoms with Crippen molar-refractivity contribution in [1.82, 2.24) is 5.32 Å². The molecule has 1 fully saturated rings. The van der Waals surface area contributed by atoms with Gasteiger partial charge < -0.3 is 20.3 Å². The van der Waals surface area contributed by atoms with Crippen molar-refractivity contribution in [3.05, 3.63) is 29.6 Å². The molecule has 0 bridgehead atoms. The second kappa shape index (κ2) is 7.66. The highest BCUT2D eigenvalue weighted by Gasteiger charge is 2.67. The Hall–Kier alpha value is -2.22. The van der Waals surface area contributed by atoms with Gasteiger partial charge in [-0.2, -0.15) is 0 Å². The van der Waals surface area contributed by atoms with Crippen LogP contribution < -0.4 is 10.1 Å². The minimum atomic E-state index is -1.92. The quantitative estimate of drug-likeness (QED) is 0.680. The molecule has 0 aromatic heterocycles. The maximum Gasteiger partial charge on any atom is 0.312 e. The maximum absolute atomic E-state index is 15.0. The Labute approximate surface area is 162 Å². The largest absolute Gasteiger partial charge is 0.497 e. The van der Waals surface area contributed by atoms with Crippen LogP contribution in [0.25, 0.3) is 0 Å². The van der Waals surface area contributed by atoms with E-state index in [9.17, 15) is 28.6 Å². The van der Waals surface area contributed by atoms with Gasteiger partial charge in [0, 0.05) is 12.0 Å². The first kappa shape index (κ1) is 22.1. The molecule has 156 valence electrons. The van der Waals surface area contributed by atoms with E-state index in [1.165, 1.54) is 26.2 Å². The number of ether oxygens (including phenoxy) is 1. The minimum absolute atomic E-state index is 0.104. The van der Waals surface area contributed by atoms with E-state index in [1.54, 1.807) is 20.8 Å². The molecular formula is C20H27F2NO5. The number of nitrogens with one attached hydrogen (secondary N) is 1. The van der Waals surface area contributed by atoms with E-state index in [0.29, 0.717) is 0 Å². The molecule has 0 amide bonds. The summed E-state index contributed by atoms with van der Waals surface area (Å²) in [7, 11) is 1.37. The highest BCUT2D eigenvalue weighted by Crippen LogP contribution is 2.59. The lowest BCUT2D eigenvalue weighted by Gasteiger charge is -2.57. The summed E-state index contributed by atoms with van der Waals surface area (Å²) in [6.07, 6.45) is 0.